The molecular formula is C17H16ClN3O5S. The third-order valence-electron chi connectivity index (χ3n) is 3.08. The van der Waals surface area contributed by atoms with E-state index in [1.807, 2.05) is 0 Å². The number of carbonyl (C=O) groups is 4. The Bertz CT molecular complexity index is 808. The number of anilines is 1. The maximum Gasteiger partial charge on any atom is 0.325 e. The van der Waals surface area contributed by atoms with Gasteiger partial charge in [-0.15, -0.1) is 11.3 Å². The van der Waals surface area contributed by atoms with Crippen molar-refractivity contribution in [1.82, 2.24) is 10.6 Å². The average molecular weight is 410 g/mol. The van der Waals surface area contributed by atoms with Crippen molar-refractivity contribution >= 4 is 52.3 Å². The van der Waals surface area contributed by atoms with Crippen LogP contribution in [0.3, 0.4) is 0 Å². The second-order valence-electron chi connectivity index (χ2n) is 5.15. The number of hydrogen-bond acceptors (Lipinski definition) is 6. The lowest BCUT2D eigenvalue weighted by molar-refractivity contribution is -0.147. The molecule has 0 unspecified atom stereocenters. The van der Waals surface area contributed by atoms with E-state index < -0.39 is 30.9 Å². The van der Waals surface area contributed by atoms with E-state index in [1.54, 1.807) is 41.8 Å². The van der Waals surface area contributed by atoms with Crippen LogP contribution in [0.15, 0.2) is 41.8 Å². The Labute approximate surface area is 163 Å². The number of thiophene rings is 1. The number of benzene rings is 1. The number of halogens is 1. The smallest absolute Gasteiger partial charge is 0.325 e. The molecule has 2 rings (SSSR count). The lowest BCUT2D eigenvalue weighted by atomic mass is 10.3. The summed E-state index contributed by atoms with van der Waals surface area (Å²) in [6.45, 7) is -1.19. The number of ether oxygens (including phenoxy) is 1. The topological polar surface area (TPSA) is 114 Å². The molecule has 27 heavy (non-hydrogen) atoms. The third kappa shape index (κ3) is 7.47. The van der Waals surface area contributed by atoms with Gasteiger partial charge in [-0.05, 0) is 35.7 Å². The normalized spacial score (nSPS) is 9.96. The summed E-state index contributed by atoms with van der Waals surface area (Å²) in [6.07, 6.45) is 0. The van der Waals surface area contributed by atoms with Gasteiger partial charge in [0.05, 0.1) is 11.4 Å². The summed E-state index contributed by atoms with van der Waals surface area (Å²) in [7, 11) is 0. The average Bonchev–Trinajstić information content (AvgIpc) is 3.19. The summed E-state index contributed by atoms with van der Waals surface area (Å²) in [4.78, 5) is 47.0. The number of carbonyl (C=O) groups excluding carboxylic acids is 4. The Hall–Kier alpha value is -2.91. The molecule has 0 spiro atoms. The number of nitrogens with one attached hydrogen (secondary N) is 3. The number of rotatable bonds is 8. The van der Waals surface area contributed by atoms with Gasteiger partial charge in [-0.25, -0.2) is 0 Å². The van der Waals surface area contributed by atoms with Crippen molar-refractivity contribution in [2.75, 3.05) is 25.0 Å². The van der Waals surface area contributed by atoms with Crippen LogP contribution in [0, 0.1) is 0 Å². The van der Waals surface area contributed by atoms with E-state index in [9.17, 15) is 19.2 Å². The molecular weight excluding hydrogens is 394 g/mol. The summed E-state index contributed by atoms with van der Waals surface area (Å²) in [5.41, 5.74) is 0.509. The standard InChI is InChI=1S/C17H16ClN3O5S/c18-11-3-5-12(6-4-11)21-15(23)10-26-16(24)9-19-14(22)8-20-17(25)13-2-1-7-27-13/h1-7H,8-10H2,(H,19,22)(H,20,25)(H,21,23). The molecule has 0 fully saturated rings. The van der Waals surface area contributed by atoms with Gasteiger partial charge >= 0.3 is 5.97 Å². The molecule has 0 aliphatic rings. The fourth-order valence-corrected chi connectivity index (χ4v) is 2.58. The lowest BCUT2D eigenvalue weighted by Gasteiger charge is -2.08. The summed E-state index contributed by atoms with van der Waals surface area (Å²) in [5, 5.41) is 9.52. The van der Waals surface area contributed by atoms with E-state index in [0.29, 0.717) is 15.6 Å². The van der Waals surface area contributed by atoms with Crippen molar-refractivity contribution in [3.8, 4) is 0 Å². The van der Waals surface area contributed by atoms with E-state index in [-0.39, 0.29) is 12.5 Å². The molecule has 1 aromatic carbocycles. The second kappa shape index (κ2) is 10.3. The van der Waals surface area contributed by atoms with Gasteiger partial charge in [0.1, 0.15) is 6.54 Å². The van der Waals surface area contributed by atoms with Crippen molar-refractivity contribution in [2.45, 2.75) is 0 Å². The molecule has 8 nitrogen and oxygen atoms in total. The zero-order chi connectivity index (χ0) is 19.6. The van der Waals surface area contributed by atoms with E-state index in [4.69, 9.17) is 16.3 Å². The van der Waals surface area contributed by atoms with Gasteiger partial charge in [-0.1, -0.05) is 17.7 Å². The molecule has 1 aromatic heterocycles. The summed E-state index contributed by atoms with van der Waals surface area (Å²) in [5.74, 6) is -2.23. The van der Waals surface area contributed by atoms with Crippen LogP contribution in [0.1, 0.15) is 9.67 Å². The van der Waals surface area contributed by atoms with Crippen LogP contribution in [0.4, 0.5) is 5.69 Å². The molecule has 0 saturated carbocycles. The van der Waals surface area contributed by atoms with Crippen molar-refractivity contribution in [3.05, 3.63) is 51.7 Å². The van der Waals surface area contributed by atoms with Gasteiger partial charge in [-0.2, -0.15) is 0 Å². The molecule has 0 aliphatic heterocycles. The van der Waals surface area contributed by atoms with Crippen LogP contribution in [-0.2, 0) is 19.1 Å². The first-order chi connectivity index (χ1) is 12.9. The zero-order valence-electron chi connectivity index (χ0n) is 14.0. The molecule has 0 bridgehead atoms. The highest BCUT2D eigenvalue weighted by Gasteiger charge is 2.11. The molecule has 142 valence electrons. The maximum atomic E-state index is 11.7. The maximum absolute atomic E-state index is 11.7. The van der Waals surface area contributed by atoms with Gasteiger partial charge in [0.25, 0.3) is 11.8 Å². The molecule has 3 amide bonds. The molecule has 10 heteroatoms. The van der Waals surface area contributed by atoms with Gasteiger partial charge in [0.2, 0.25) is 5.91 Å². The Morgan fingerprint density at radius 2 is 1.70 bits per heavy atom. The first-order valence-electron chi connectivity index (χ1n) is 7.73. The van der Waals surface area contributed by atoms with Gasteiger partial charge in [-0.3, -0.25) is 19.2 Å². The van der Waals surface area contributed by atoms with Crippen LogP contribution >= 0.6 is 22.9 Å². The predicted molar refractivity (Wildman–Crippen MR) is 101 cm³/mol. The van der Waals surface area contributed by atoms with Gasteiger partial charge in [0, 0.05) is 10.7 Å². The van der Waals surface area contributed by atoms with E-state index in [0.717, 1.165) is 0 Å². The largest absolute Gasteiger partial charge is 0.454 e. The first-order valence-corrected chi connectivity index (χ1v) is 8.99. The third-order valence-corrected chi connectivity index (χ3v) is 4.20. The number of esters is 1. The van der Waals surface area contributed by atoms with Crippen molar-refractivity contribution in [3.63, 3.8) is 0 Å². The van der Waals surface area contributed by atoms with Crippen LogP contribution in [0.2, 0.25) is 5.02 Å². The Kier molecular flexibility index (Phi) is 7.78. The monoisotopic (exact) mass is 409 g/mol. The fourth-order valence-electron chi connectivity index (χ4n) is 1.82. The minimum Gasteiger partial charge on any atom is -0.454 e. The molecule has 3 N–H and O–H groups in total. The van der Waals surface area contributed by atoms with Gasteiger partial charge < -0.3 is 20.7 Å². The number of hydrogen-bond donors (Lipinski definition) is 3. The summed E-state index contributed by atoms with van der Waals surface area (Å²) in [6, 6.07) is 9.77. The molecule has 1 heterocycles. The zero-order valence-corrected chi connectivity index (χ0v) is 15.6. The SMILES string of the molecule is O=C(CNC(=O)c1cccs1)NCC(=O)OCC(=O)Nc1ccc(Cl)cc1. The van der Waals surface area contributed by atoms with Crippen LogP contribution in [0.5, 0.6) is 0 Å². The van der Waals surface area contributed by atoms with E-state index in [1.165, 1.54) is 11.3 Å². The Morgan fingerprint density at radius 1 is 0.963 bits per heavy atom. The van der Waals surface area contributed by atoms with Crippen molar-refractivity contribution in [1.29, 1.82) is 0 Å². The van der Waals surface area contributed by atoms with E-state index >= 15 is 0 Å². The quantitative estimate of drug-likeness (QED) is 0.571. The van der Waals surface area contributed by atoms with E-state index in [2.05, 4.69) is 16.0 Å². The first kappa shape index (κ1) is 20.4. The molecule has 2 aromatic rings. The molecule has 0 aliphatic carbocycles. The summed E-state index contributed by atoms with van der Waals surface area (Å²) < 4.78 is 4.76. The highest BCUT2D eigenvalue weighted by molar-refractivity contribution is 7.12. The van der Waals surface area contributed by atoms with Crippen LogP contribution < -0.4 is 16.0 Å². The number of amides is 3. The van der Waals surface area contributed by atoms with Gasteiger partial charge in [0.15, 0.2) is 6.61 Å². The Balaban J connectivity index is 1.60. The Morgan fingerprint density at radius 3 is 2.37 bits per heavy atom. The molecule has 0 atom stereocenters. The summed E-state index contributed by atoms with van der Waals surface area (Å²) >= 11 is 6.99. The molecule has 0 saturated heterocycles. The molecule has 0 radical (unpaired) electrons. The lowest BCUT2D eigenvalue weighted by Crippen LogP contribution is -2.39. The fraction of sp³-hybridized carbons (Fsp3) is 0.176. The van der Waals surface area contributed by atoms with Crippen LogP contribution in [-0.4, -0.2) is 43.4 Å². The second-order valence-corrected chi connectivity index (χ2v) is 6.54. The van der Waals surface area contributed by atoms with Crippen molar-refractivity contribution in [2.24, 2.45) is 0 Å². The highest BCUT2D eigenvalue weighted by atomic mass is 35.5. The van der Waals surface area contributed by atoms with Crippen molar-refractivity contribution < 1.29 is 23.9 Å². The minimum absolute atomic E-state index is 0.277. The van der Waals surface area contributed by atoms with Crippen LogP contribution in [0.25, 0.3) is 0 Å². The highest BCUT2D eigenvalue weighted by Crippen LogP contribution is 2.13. The predicted octanol–water partition coefficient (Wildman–Crippen LogP) is 1.43. The minimum atomic E-state index is -0.779.